The minimum Gasteiger partial charge on any atom is -0.493 e. The maximum Gasteiger partial charge on any atom is 0.255 e. The van der Waals surface area contributed by atoms with Crippen LogP contribution in [0.15, 0.2) is 47.1 Å². The molecular formula is C21H21FN4O4. The second-order valence-corrected chi connectivity index (χ2v) is 6.93. The predicted molar refractivity (Wildman–Crippen MR) is 104 cm³/mol. The number of aromatic nitrogens is 3. The molecule has 1 amide bonds. The first-order valence-corrected chi connectivity index (χ1v) is 9.62. The van der Waals surface area contributed by atoms with Gasteiger partial charge in [-0.2, -0.15) is 4.98 Å². The monoisotopic (exact) mass is 412 g/mol. The van der Waals surface area contributed by atoms with E-state index in [1.54, 1.807) is 29.2 Å². The molecule has 1 aliphatic heterocycles. The van der Waals surface area contributed by atoms with E-state index in [-0.39, 0.29) is 17.6 Å². The number of benzene rings is 1. The van der Waals surface area contributed by atoms with Crippen molar-refractivity contribution in [3.05, 3.63) is 65.7 Å². The SMILES string of the molecule is COc1ccc(C(=O)N2CCC(c3nc(CCOc4ccc(F)cc4)no3)C2)cn1. The minimum absolute atomic E-state index is 0.000533. The van der Waals surface area contributed by atoms with Gasteiger partial charge in [-0.05, 0) is 36.8 Å². The molecule has 30 heavy (non-hydrogen) atoms. The maximum absolute atomic E-state index is 12.9. The van der Waals surface area contributed by atoms with Crippen LogP contribution in [0.25, 0.3) is 0 Å². The Morgan fingerprint density at radius 1 is 1.27 bits per heavy atom. The zero-order valence-corrected chi connectivity index (χ0v) is 16.5. The molecule has 9 heteroatoms. The van der Waals surface area contributed by atoms with Crippen LogP contribution in [0.1, 0.15) is 34.4 Å². The van der Waals surface area contributed by atoms with E-state index >= 15 is 0 Å². The zero-order chi connectivity index (χ0) is 20.9. The molecule has 3 aromatic rings. The Morgan fingerprint density at radius 2 is 2.10 bits per heavy atom. The fourth-order valence-electron chi connectivity index (χ4n) is 3.28. The van der Waals surface area contributed by atoms with Gasteiger partial charge in [0, 0.05) is 31.8 Å². The third kappa shape index (κ3) is 4.56. The number of pyridine rings is 1. The summed E-state index contributed by atoms with van der Waals surface area (Å²) in [6.45, 7) is 1.48. The molecule has 0 aliphatic carbocycles. The lowest BCUT2D eigenvalue weighted by molar-refractivity contribution is 0.0789. The van der Waals surface area contributed by atoms with Gasteiger partial charge in [0.15, 0.2) is 5.82 Å². The Bertz CT molecular complexity index is 991. The van der Waals surface area contributed by atoms with Gasteiger partial charge in [-0.3, -0.25) is 4.79 Å². The summed E-state index contributed by atoms with van der Waals surface area (Å²) in [5, 5.41) is 4.00. The molecule has 1 aromatic carbocycles. The minimum atomic E-state index is -0.308. The Hall–Kier alpha value is -3.49. The molecule has 4 rings (SSSR count). The van der Waals surface area contributed by atoms with Gasteiger partial charge in [0.1, 0.15) is 11.6 Å². The number of amides is 1. The van der Waals surface area contributed by atoms with E-state index in [0.29, 0.717) is 55.0 Å². The summed E-state index contributed by atoms with van der Waals surface area (Å²) in [6, 6.07) is 9.19. The predicted octanol–water partition coefficient (Wildman–Crippen LogP) is 2.86. The lowest BCUT2D eigenvalue weighted by atomic mass is 10.1. The van der Waals surface area contributed by atoms with E-state index in [1.165, 1.54) is 25.4 Å². The first-order chi connectivity index (χ1) is 14.6. The molecule has 0 bridgehead atoms. The van der Waals surface area contributed by atoms with Crippen molar-refractivity contribution in [3.63, 3.8) is 0 Å². The molecule has 0 radical (unpaired) electrons. The number of carbonyl (C=O) groups excluding carboxylic acids is 1. The van der Waals surface area contributed by atoms with Crippen LogP contribution in [0, 0.1) is 5.82 Å². The Labute approximate surface area is 172 Å². The van der Waals surface area contributed by atoms with Gasteiger partial charge in [-0.15, -0.1) is 0 Å². The Morgan fingerprint density at radius 3 is 2.83 bits per heavy atom. The summed E-state index contributed by atoms with van der Waals surface area (Å²) in [6.07, 6.45) is 2.73. The van der Waals surface area contributed by atoms with Crippen molar-refractivity contribution < 1.29 is 23.2 Å². The molecule has 0 N–H and O–H groups in total. The summed E-state index contributed by atoms with van der Waals surface area (Å²) >= 11 is 0. The summed E-state index contributed by atoms with van der Waals surface area (Å²) in [5.41, 5.74) is 0.514. The molecule has 1 saturated heterocycles. The van der Waals surface area contributed by atoms with Gasteiger partial charge >= 0.3 is 0 Å². The fraction of sp³-hybridized carbons (Fsp3) is 0.333. The number of hydrogen-bond donors (Lipinski definition) is 0. The van der Waals surface area contributed by atoms with Crippen LogP contribution in [0.4, 0.5) is 4.39 Å². The van der Waals surface area contributed by atoms with Crippen LogP contribution in [0.2, 0.25) is 0 Å². The highest BCUT2D eigenvalue weighted by Gasteiger charge is 2.31. The lowest BCUT2D eigenvalue weighted by Crippen LogP contribution is -2.28. The number of methoxy groups -OCH3 is 1. The lowest BCUT2D eigenvalue weighted by Gasteiger charge is -2.15. The summed E-state index contributed by atoms with van der Waals surface area (Å²) in [7, 11) is 1.53. The van der Waals surface area contributed by atoms with Crippen LogP contribution in [-0.4, -0.2) is 52.7 Å². The van der Waals surface area contributed by atoms with Crippen molar-refractivity contribution in [1.29, 1.82) is 0 Å². The highest BCUT2D eigenvalue weighted by Crippen LogP contribution is 2.27. The topological polar surface area (TPSA) is 90.6 Å². The van der Waals surface area contributed by atoms with Gasteiger partial charge in [0.05, 0.1) is 25.2 Å². The largest absolute Gasteiger partial charge is 0.493 e. The van der Waals surface area contributed by atoms with E-state index in [1.807, 2.05) is 0 Å². The molecular weight excluding hydrogens is 391 g/mol. The van der Waals surface area contributed by atoms with Crippen molar-refractivity contribution in [3.8, 4) is 11.6 Å². The quantitative estimate of drug-likeness (QED) is 0.589. The molecule has 1 atom stereocenters. The average Bonchev–Trinajstić information content (AvgIpc) is 3.44. The zero-order valence-electron chi connectivity index (χ0n) is 16.5. The highest BCUT2D eigenvalue weighted by molar-refractivity contribution is 5.94. The number of halogens is 1. The summed E-state index contributed by atoms with van der Waals surface area (Å²) < 4.78 is 28.9. The van der Waals surface area contributed by atoms with Gasteiger partial charge in [0.25, 0.3) is 5.91 Å². The van der Waals surface area contributed by atoms with Crippen LogP contribution < -0.4 is 9.47 Å². The third-order valence-electron chi connectivity index (χ3n) is 4.91. The number of nitrogens with zero attached hydrogens (tertiary/aromatic N) is 4. The fourth-order valence-corrected chi connectivity index (χ4v) is 3.28. The van der Waals surface area contributed by atoms with Gasteiger partial charge in [-0.25, -0.2) is 9.37 Å². The number of carbonyl (C=O) groups is 1. The molecule has 0 spiro atoms. The summed E-state index contributed by atoms with van der Waals surface area (Å²) in [4.78, 5) is 22.9. The molecule has 1 fully saturated rings. The first kappa shape index (κ1) is 19.8. The third-order valence-corrected chi connectivity index (χ3v) is 4.91. The van der Waals surface area contributed by atoms with E-state index < -0.39 is 0 Å². The average molecular weight is 412 g/mol. The molecule has 3 heterocycles. The van der Waals surface area contributed by atoms with Gasteiger partial charge in [0.2, 0.25) is 11.8 Å². The molecule has 2 aromatic heterocycles. The van der Waals surface area contributed by atoms with E-state index in [0.717, 1.165) is 6.42 Å². The van der Waals surface area contributed by atoms with Crippen molar-refractivity contribution in [2.24, 2.45) is 0 Å². The molecule has 1 unspecified atom stereocenters. The van der Waals surface area contributed by atoms with Gasteiger partial charge < -0.3 is 18.9 Å². The Kier molecular flexibility index (Phi) is 5.87. The number of likely N-dealkylation sites (tertiary alicyclic amines) is 1. The van der Waals surface area contributed by atoms with Crippen molar-refractivity contribution in [1.82, 2.24) is 20.0 Å². The summed E-state index contributed by atoms with van der Waals surface area (Å²) in [5.74, 6) is 1.72. The number of rotatable bonds is 7. The normalized spacial score (nSPS) is 15.9. The van der Waals surface area contributed by atoms with Crippen LogP contribution in [-0.2, 0) is 6.42 Å². The molecule has 8 nitrogen and oxygen atoms in total. The smallest absolute Gasteiger partial charge is 0.255 e. The molecule has 156 valence electrons. The highest BCUT2D eigenvalue weighted by atomic mass is 19.1. The van der Waals surface area contributed by atoms with Crippen molar-refractivity contribution in [2.45, 2.75) is 18.8 Å². The van der Waals surface area contributed by atoms with Crippen LogP contribution >= 0.6 is 0 Å². The van der Waals surface area contributed by atoms with Crippen molar-refractivity contribution >= 4 is 5.91 Å². The number of hydrogen-bond acceptors (Lipinski definition) is 7. The molecule has 1 aliphatic rings. The first-order valence-electron chi connectivity index (χ1n) is 9.62. The maximum atomic E-state index is 12.9. The van der Waals surface area contributed by atoms with Gasteiger partial charge in [-0.1, -0.05) is 5.16 Å². The second-order valence-electron chi connectivity index (χ2n) is 6.93. The second kappa shape index (κ2) is 8.89. The van der Waals surface area contributed by atoms with Crippen LogP contribution in [0.3, 0.4) is 0 Å². The number of ether oxygens (including phenoxy) is 2. The Balaban J connectivity index is 1.29. The standard InChI is InChI=1S/C21H21FN4O4/c1-28-19-7-2-14(12-23-19)21(27)26-10-8-15(13-26)20-24-18(25-30-20)9-11-29-17-5-3-16(22)4-6-17/h2-7,12,15H,8-11,13H2,1H3. The molecule has 0 saturated carbocycles. The van der Waals surface area contributed by atoms with E-state index in [2.05, 4.69) is 15.1 Å². The van der Waals surface area contributed by atoms with E-state index in [4.69, 9.17) is 14.0 Å². The van der Waals surface area contributed by atoms with Crippen LogP contribution in [0.5, 0.6) is 11.6 Å². The van der Waals surface area contributed by atoms with Crippen molar-refractivity contribution in [2.75, 3.05) is 26.8 Å². The van der Waals surface area contributed by atoms with E-state index in [9.17, 15) is 9.18 Å².